The smallest absolute Gasteiger partial charge is 0.124 e. The molecular weight excluding hydrogens is 258 g/mol. The van der Waals surface area contributed by atoms with Crippen molar-refractivity contribution < 1.29 is 9.47 Å². The van der Waals surface area contributed by atoms with E-state index in [0.717, 1.165) is 22.2 Å². The van der Waals surface area contributed by atoms with Gasteiger partial charge in [0.15, 0.2) is 0 Å². The van der Waals surface area contributed by atoms with Crippen molar-refractivity contribution in [3.8, 4) is 5.75 Å². The number of rotatable bonds is 5. The van der Waals surface area contributed by atoms with Crippen molar-refractivity contribution in [2.45, 2.75) is 12.5 Å². The molecule has 3 nitrogen and oxygen atoms in total. The van der Waals surface area contributed by atoms with Gasteiger partial charge in [-0.15, -0.1) is 0 Å². The Morgan fingerprint density at radius 2 is 2.13 bits per heavy atom. The highest BCUT2D eigenvalue weighted by Crippen LogP contribution is 2.31. The highest BCUT2D eigenvalue weighted by atomic mass is 79.9. The van der Waals surface area contributed by atoms with Crippen LogP contribution in [0.1, 0.15) is 18.1 Å². The maximum atomic E-state index is 5.54. The van der Waals surface area contributed by atoms with E-state index in [4.69, 9.17) is 15.2 Å². The minimum Gasteiger partial charge on any atom is -0.496 e. The summed E-state index contributed by atoms with van der Waals surface area (Å²) in [6.45, 7) is 0.591. The SMILES string of the molecule is COc1ccc(Br)cc1C(CCN)OC. The van der Waals surface area contributed by atoms with Gasteiger partial charge in [0.2, 0.25) is 0 Å². The molecule has 1 unspecified atom stereocenters. The van der Waals surface area contributed by atoms with Gasteiger partial charge in [-0.3, -0.25) is 0 Å². The van der Waals surface area contributed by atoms with Crippen molar-refractivity contribution in [3.63, 3.8) is 0 Å². The first-order chi connectivity index (χ1) is 7.22. The van der Waals surface area contributed by atoms with Crippen LogP contribution in [-0.2, 0) is 4.74 Å². The number of hydrogen-bond donors (Lipinski definition) is 1. The third-order valence-electron chi connectivity index (χ3n) is 2.25. The molecule has 1 atom stereocenters. The average Bonchev–Trinajstić information content (AvgIpc) is 2.26. The molecule has 1 rings (SSSR count). The van der Waals surface area contributed by atoms with Gasteiger partial charge >= 0.3 is 0 Å². The van der Waals surface area contributed by atoms with Crippen LogP contribution in [0, 0.1) is 0 Å². The Kier molecular flexibility index (Phi) is 5.08. The van der Waals surface area contributed by atoms with Gasteiger partial charge in [0, 0.05) is 17.1 Å². The topological polar surface area (TPSA) is 44.5 Å². The van der Waals surface area contributed by atoms with E-state index in [2.05, 4.69) is 15.9 Å². The molecule has 0 aliphatic heterocycles. The quantitative estimate of drug-likeness (QED) is 0.897. The lowest BCUT2D eigenvalue weighted by atomic mass is 10.1. The first-order valence-corrected chi connectivity index (χ1v) is 5.58. The van der Waals surface area contributed by atoms with Gasteiger partial charge in [-0.1, -0.05) is 15.9 Å². The number of halogens is 1. The minimum atomic E-state index is -0.0116. The summed E-state index contributed by atoms with van der Waals surface area (Å²) in [6.07, 6.45) is 0.769. The fraction of sp³-hybridized carbons (Fsp3) is 0.455. The molecule has 0 fully saturated rings. The monoisotopic (exact) mass is 273 g/mol. The zero-order chi connectivity index (χ0) is 11.3. The van der Waals surface area contributed by atoms with Gasteiger partial charge in [0.1, 0.15) is 5.75 Å². The van der Waals surface area contributed by atoms with Gasteiger partial charge in [0.25, 0.3) is 0 Å². The highest BCUT2D eigenvalue weighted by Gasteiger charge is 2.15. The van der Waals surface area contributed by atoms with Gasteiger partial charge in [-0.2, -0.15) is 0 Å². The van der Waals surface area contributed by atoms with Crippen LogP contribution < -0.4 is 10.5 Å². The van der Waals surface area contributed by atoms with Gasteiger partial charge < -0.3 is 15.2 Å². The number of nitrogens with two attached hydrogens (primary N) is 1. The maximum Gasteiger partial charge on any atom is 0.124 e. The second-order valence-corrected chi connectivity index (χ2v) is 4.10. The van der Waals surface area contributed by atoms with Crippen LogP contribution in [0.25, 0.3) is 0 Å². The van der Waals surface area contributed by atoms with Gasteiger partial charge in [-0.25, -0.2) is 0 Å². The summed E-state index contributed by atoms with van der Waals surface area (Å²) in [7, 11) is 3.34. The Bertz CT molecular complexity index is 317. The molecule has 0 spiro atoms. The molecule has 0 radical (unpaired) electrons. The van der Waals surface area contributed by atoms with E-state index in [1.165, 1.54) is 0 Å². The summed E-state index contributed by atoms with van der Waals surface area (Å²) >= 11 is 3.43. The first-order valence-electron chi connectivity index (χ1n) is 4.79. The van der Waals surface area contributed by atoms with Crippen LogP contribution >= 0.6 is 15.9 Å². The standard InChI is InChI=1S/C11H16BrNO2/c1-14-10-4-3-8(12)7-9(10)11(15-2)5-6-13/h3-4,7,11H,5-6,13H2,1-2H3. The van der Waals surface area contributed by atoms with Crippen LogP contribution in [-0.4, -0.2) is 20.8 Å². The normalized spacial score (nSPS) is 12.5. The van der Waals surface area contributed by atoms with Crippen LogP contribution in [0.4, 0.5) is 0 Å². The van der Waals surface area contributed by atoms with Crippen molar-refractivity contribution in [1.82, 2.24) is 0 Å². The first kappa shape index (κ1) is 12.5. The molecule has 1 aromatic carbocycles. The van der Waals surface area contributed by atoms with Crippen molar-refractivity contribution in [3.05, 3.63) is 28.2 Å². The Labute approximate surface area is 98.7 Å². The number of hydrogen-bond acceptors (Lipinski definition) is 3. The lowest BCUT2D eigenvalue weighted by Crippen LogP contribution is -2.10. The summed E-state index contributed by atoms with van der Waals surface area (Å²) in [5, 5.41) is 0. The van der Waals surface area contributed by atoms with Crippen molar-refractivity contribution in [2.75, 3.05) is 20.8 Å². The largest absolute Gasteiger partial charge is 0.496 e. The third kappa shape index (κ3) is 3.19. The lowest BCUT2D eigenvalue weighted by Gasteiger charge is -2.18. The zero-order valence-corrected chi connectivity index (χ0v) is 10.6. The molecule has 0 saturated carbocycles. The van der Waals surface area contributed by atoms with E-state index in [1.54, 1.807) is 14.2 Å². The second kappa shape index (κ2) is 6.10. The number of ether oxygens (including phenoxy) is 2. The zero-order valence-electron chi connectivity index (χ0n) is 9.00. The van der Waals surface area contributed by atoms with Gasteiger partial charge in [-0.05, 0) is 31.2 Å². The van der Waals surface area contributed by atoms with Crippen LogP contribution in [0.2, 0.25) is 0 Å². The van der Waals surface area contributed by atoms with Crippen LogP contribution in [0.15, 0.2) is 22.7 Å². The maximum absolute atomic E-state index is 5.54. The van der Waals surface area contributed by atoms with E-state index in [9.17, 15) is 0 Å². The molecule has 0 aliphatic rings. The van der Waals surface area contributed by atoms with E-state index >= 15 is 0 Å². The van der Waals surface area contributed by atoms with E-state index in [1.807, 2.05) is 18.2 Å². The molecule has 0 bridgehead atoms. The molecular formula is C11H16BrNO2. The fourth-order valence-corrected chi connectivity index (χ4v) is 1.89. The minimum absolute atomic E-state index is 0.0116. The third-order valence-corrected chi connectivity index (χ3v) is 2.75. The Hall–Kier alpha value is -0.580. The lowest BCUT2D eigenvalue weighted by molar-refractivity contribution is 0.0953. The number of benzene rings is 1. The predicted octanol–water partition coefficient (Wildman–Crippen LogP) is 2.49. The molecule has 2 N–H and O–H groups in total. The molecule has 84 valence electrons. The second-order valence-electron chi connectivity index (χ2n) is 3.19. The van der Waals surface area contributed by atoms with Gasteiger partial charge in [0.05, 0.1) is 13.2 Å². The summed E-state index contributed by atoms with van der Waals surface area (Å²) < 4.78 is 11.7. The summed E-state index contributed by atoms with van der Waals surface area (Å²) in [6, 6.07) is 5.86. The van der Waals surface area contributed by atoms with Crippen molar-refractivity contribution in [2.24, 2.45) is 5.73 Å². The molecule has 0 heterocycles. The Morgan fingerprint density at radius 1 is 1.40 bits per heavy atom. The van der Waals surface area contributed by atoms with Crippen LogP contribution in [0.3, 0.4) is 0 Å². The summed E-state index contributed by atoms with van der Waals surface area (Å²) in [5.74, 6) is 0.832. The highest BCUT2D eigenvalue weighted by molar-refractivity contribution is 9.10. The molecule has 4 heteroatoms. The number of methoxy groups -OCH3 is 2. The summed E-state index contributed by atoms with van der Waals surface area (Å²) in [4.78, 5) is 0. The molecule has 15 heavy (non-hydrogen) atoms. The van der Waals surface area contributed by atoms with Crippen molar-refractivity contribution in [1.29, 1.82) is 0 Å². The molecule has 0 aromatic heterocycles. The Balaban J connectivity index is 3.02. The molecule has 0 aliphatic carbocycles. The van der Waals surface area contributed by atoms with E-state index < -0.39 is 0 Å². The molecule has 1 aromatic rings. The van der Waals surface area contributed by atoms with Crippen LogP contribution in [0.5, 0.6) is 5.75 Å². The molecule has 0 amide bonds. The summed E-state index contributed by atoms with van der Waals surface area (Å²) in [5.41, 5.74) is 6.57. The fourth-order valence-electron chi connectivity index (χ4n) is 1.51. The predicted molar refractivity (Wildman–Crippen MR) is 64.1 cm³/mol. The molecule has 0 saturated heterocycles. The average molecular weight is 274 g/mol. The van der Waals surface area contributed by atoms with Crippen molar-refractivity contribution >= 4 is 15.9 Å². The van der Waals surface area contributed by atoms with E-state index in [0.29, 0.717) is 6.54 Å². The van der Waals surface area contributed by atoms with E-state index in [-0.39, 0.29) is 6.10 Å². The Morgan fingerprint density at radius 3 is 2.67 bits per heavy atom.